The maximum Gasteiger partial charge on any atom is 0.335 e. The van der Waals surface area contributed by atoms with Crippen molar-refractivity contribution in [2.75, 3.05) is 0 Å². The Morgan fingerprint density at radius 1 is 1.43 bits per heavy atom. The van der Waals surface area contributed by atoms with Crippen molar-refractivity contribution in [2.45, 2.75) is 24.1 Å². The first-order chi connectivity index (χ1) is 10.0. The molecule has 0 radical (unpaired) electrons. The van der Waals surface area contributed by atoms with Crippen molar-refractivity contribution in [3.8, 4) is 0 Å². The third kappa shape index (κ3) is 2.91. The first-order valence-corrected chi connectivity index (χ1v) is 7.85. The molecule has 8 heteroatoms. The molecule has 0 bridgehead atoms. The van der Waals surface area contributed by atoms with E-state index < -0.39 is 5.97 Å². The van der Waals surface area contributed by atoms with Gasteiger partial charge < -0.3 is 5.11 Å². The Bertz CT molecular complexity index is 809. The van der Waals surface area contributed by atoms with Crippen LogP contribution in [0.1, 0.15) is 35.9 Å². The minimum atomic E-state index is -0.933. The normalized spacial score (nSPS) is 11.4. The molecule has 6 nitrogen and oxygen atoms in total. The molecule has 1 aromatic carbocycles. The highest BCUT2D eigenvalue weighted by Gasteiger charge is 2.11. The molecule has 0 amide bonds. The van der Waals surface area contributed by atoms with E-state index in [0.717, 1.165) is 20.4 Å². The van der Waals surface area contributed by atoms with E-state index in [4.69, 9.17) is 5.11 Å². The van der Waals surface area contributed by atoms with Crippen LogP contribution in [0.4, 0.5) is 0 Å². The summed E-state index contributed by atoms with van der Waals surface area (Å²) >= 11 is 2.81. The Kier molecular flexibility index (Phi) is 3.64. The lowest BCUT2D eigenvalue weighted by molar-refractivity contribution is 0.0697. The standard InChI is InChI=1S/C13H12N4O2S2/c1-7(2)11-14-6-17(16-11)21-13-15-9-4-3-8(12(18)19)5-10(9)20-13/h3-7H,1-2H3,(H,18,19). The zero-order valence-corrected chi connectivity index (χ0v) is 13.0. The van der Waals surface area contributed by atoms with E-state index in [1.807, 2.05) is 13.8 Å². The molecule has 0 saturated heterocycles. The van der Waals surface area contributed by atoms with Gasteiger partial charge in [-0.3, -0.25) is 0 Å². The summed E-state index contributed by atoms with van der Waals surface area (Å²) in [4.78, 5) is 19.7. The molecular formula is C13H12N4O2S2. The number of thiazole rings is 1. The average Bonchev–Trinajstić information content (AvgIpc) is 3.03. The molecule has 1 N–H and O–H groups in total. The number of nitrogens with zero attached hydrogens (tertiary/aromatic N) is 4. The van der Waals surface area contributed by atoms with E-state index in [1.54, 1.807) is 28.6 Å². The summed E-state index contributed by atoms with van der Waals surface area (Å²) in [6.07, 6.45) is 1.66. The van der Waals surface area contributed by atoms with Gasteiger partial charge in [0.25, 0.3) is 0 Å². The quantitative estimate of drug-likeness (QED) is 0.794. The number of carboxylic acids is 1. The molecular weight excluding hydrogens is 308 g/mol. The second-order valence-corrected chi connectivity index (χ2v) is 6.95. The minimum absolute atomic E-state index is 0.269. The molecule has 0 fully saturated rings. The molecule has 108 valence electrons. The van der Waals surface area contributed by atoms with E-state index in [9.17, 15) is 4.79 Å². The SMILES string of the molecule is CC(C)c1ncn(Sc2nc3ccc(C(=O)O)cc3s2)n1. The van der Waals surface area contributed by atoms with Gasteiger partial charge in [0.05, 0.1) is 15.8 Å². The van der Waals surface area contributed by atoms with E-state index in [1.165, 1.54) is 23.3 Å². The summed E-state index contributed by atoms with van der Waals surface area (Å²) in [5.74, 6) is 0.134. The van der Waals surface area contributed by atoms with Crippen LogP contribution in [-0.2, 0) is 0 Å². The highest BCUT2D eigenvalue weighted by atomic mass is 32.2. The molecule has 0 spiro atoms. The summed E-state index contributed by atoms with van der Waals surface area (Å²) in [5.41, 5.74) is 1.06. The number of carbonyl (C=O) groups is 1. The Morgan fingerprint density at radius 3 is 2.90 bits per heavy atom. The average molecular weight is 320 g/mol. The molecule has 3 aromatic rings. The predicted octanol–water partition coefficient (Wildman–Crippen LogP) is 3.26. The van der Waals surface area contributed by atoms with Crippen molar-refractivity contribution < 1.29 is 9.90 Å². The van der Waals surface area contributed by atoms with Gasteiger partial charge in [-0.2, -0.15) is 4.09 Å². The fourth-order valence-electron chi connectivity index (χ4n) is 1.73. The molecule has 2 aromatic heterocycles. The highest BCUT2D eigenvalue weighted by molar-refractivity contribution is 7.99. The van der Waals surface area contributed by atoms with Crippen LogP contribution < -0.4 is 0 Å². The Labute approximate surface area is 129 Å². The second kappa shape index (κ2) is 5.45. The Hall–Kier alpha value is -1.93. The molecule has 0 atom stereocenters. The third-order valence-electron chi connectivity index (χ3n) is 2.79. The van der Waals surface area contributed by atoms with Crippen molar-refractivity contribution in [3.63, 3.8) is 0 Å². The van der Waals surface area contributed by atoms with Gasteiger partial charge in [0, 0.05) is 17.9 Å². The summed E-state index contributed by atoms with van der Waals surface area (Å²) in [6.45, 7) is 4.07. The van der Waals surface area contributed by atoms with Gasteiger partial charge in [-0.05, 0) is 18.2 Å². The first kappa shape index (κ1) is 14.0. The van der Waals surface area contributed by atoms with Crippen LogP contribution in [0.5, 0.6) is 0 Å². The van der Waals surface area contributed by atoms with Gasteiger partial charge in [-0.15, -0.1) is 16.4 Å². The van der Waals surface area contributed by atoms with E-state index in [0.29, 0.717) is 0 Å². The lowest BCUT2D eigenvalue weighted by Gasteiger charge is -1.96. The molecule has 21 heavy (non-hydrogen) atoms. The van der Waals surface area contributed by atoms with Gasteiger partial charge in [0.1, 0.15) is 6.33 Å². The number of carboxylic acid groups (broad SMARTS) is 1. The number of fused-ring (bicyclic) bond motifs is 1. The van der Waals surface area contributed by atoms with Crippen molar-refractivity contribution in [1.82, 2.24) is 19.2 Å². The number of aromatic nitrogens is 4. The molecule has 0 unspecified atom stereocenters. The molecule has 0 aliphatic rings. The van der Waals surface area contributed by atoms with Crippen LogP contribution in [0, 0.1) is 0 Å². The Balaban J connectivity index is 1.88. The monoisotopic (exact) mass is 320 g/mol. The summed E-state index contributed by atoms with van der Waals surface area (Å²) < 4.78 is 3.32. The van der Waals surface area contributed by atoms with Gasteiger partial charge in [-0.1, -0.05) is 13.8 Å². The topological polar surface area (TPSA) is 80.9 Å². The molecule has 0 aliphatic carbocycles. The van der Waals surface area contributed by atoms with E-state index >= 15 is 0 Å². The Morgan fingerprint density at radius 2 is 2.24 bits per heavy atom. The number of aromatic carboxylic acids is 1. The maximum absolute atomic E-state index is 11.0. The van der Waals surface area contributed by atoms with Gasteiger partial charge in [-0.25, -0.2) is 14.8 Å². The van der Waals surface area contributed by atoms with Gasteiger partial charge in [0.15, 0.2) is 10.2 Å². The number of hydrogen-bond acceptors (Lipinski definition) is 6. The lowest BCUT2D eigenvalue weighted by Crippen LogP contribution is -1.94. The van der Waals surface area contributed by atoms with Crippen LogP contribution in [0.2, 0.25) is 0 Å². The predicted molar refractivity (Wildman–Crippen MR) is 81.9 cm³/mol. The number of hydrogen-bond donors (Lipinski definition) is 1. The molecule has 0 saturated carbocycles. The fourth-order valence-corrected chi connectivity index (χ4v) is 3.63. The molecule has 0 aliphatic heterocycles. The summed E-state index contributed by atoms with van der Waals surface area (Å²) in [5, 5.41) is 13.4. The van der Waals surface area contributed by atoms with Crippen LogP contribution in [0.3, 0.4) is 0 Å². The van der Waals surface area contributed by atoms with Crippen LogP contribution >= 0.6 is 23.3 Å². The third-order valence-corrected chi connectivity index (χ3v) is 4.69. The smallest absolute Gasteiger partial charge is 0.335 e. The summed E-state index contributed by atoms with van der Waals surface area (Å²) in [7, 11) is 0. The van der Waals surface area contributed by atoms with Gasteiger partial charge in [0.2, 0.25) is 0 Å². The van der Waals surface area contributed by atoms with Crippen molar-refractivity contribution in [1.29, 1.82) is 0 Å². The largest absolute Gasteiger partial charge is 0.478 e. The zero-order valence-electron chi connectivity index (χ0n) is 11.3. The van der Waals surface area contributed by atoms with E-state index in [2.05, 4.69) is 15.1 Å². The lowest BCUT2D eigenvalue weighted by atomic mass is 10.2. The minimum Gasteiger partial charge on any atom is -0.478 e. The van der Waals surface area contributed by atoms with Crippen LogP contribution in [0.15, 0.2) is 28.9 Å². The maximum atomic E-state index is 11.0. The second-order valence-electron chi connectivity index (χ2n) is 4.72. The molecule has 2 heterocycles. The highest BCUT2D eigenvalue weighted by Crippen LogP contribution is 2.30. The number of rotatable bonds is 4. The van der Waals surface area contributed by atoms with Crippen molar-refractivity contribution in [2.24, 2.45) is 0 Å². The molecule has 3 rings (SSSR count). The van der Waals surface area contributed by atoms with Crippen molar-refractivity contribution in [3.05, 3.63) is 35.9 Å². The first-order valence-electron chi connectivity index (χ1n) is 6.26. The van der Waals surface area contributed by atoms with Crippen LogP contribution in [0.25, 0.3) is 10.2 Å². The zero-order chi connectivity index (χ0) is 15.0. The fraction of sp³-hybridized carbons (Fsp3) is 0.231. The van der Waals surface area contributed by atoms with Gasteiger partial charge >= 0.3 is 5.97 Å². The van der Waals surface area contributed by atoms with E-state index in [-0.39, 0.29) is 11.5 Å². The number of benzene rings is 1. The summed E-state index contributed by atoms with van der Waals surface area (Å²) in [6, 6.07) is 4.92. The van der Waals surface area contributed by atoms with Crippen molar-refractivity contribution >= 4 is 39.5 Å². The van der Waals surface area contributed by atoms with Crippen LogP contribution in [-0.4, -0.2) is 30.2 Å².